The van der Waals surface area contributed by atoms with E-state index in [4.69, 9.17) is 9.66 Å². The Bertz CT molecular complexity index is 464. The first-order chi connectivity index (χ1) is 6.82. The van der Waals surface area contributed by atoms with Gasteiger partial charge < -0.3 is 5.11 Å². The van der Waals surface area contributed by atoms with Crippen molar-refractivity contribution < 1.29 is 22.9 Å². The molecule has 0 heterocycles. The number of carbonyl (C=O) groups is 1. The molecule has 15 heavy (non-hydrogen) atoms. The largest absolute Gasteiger partial charge is 0.480 e. The third kappa shape index (κ3) is 3.01. The number of carboxylic acid groups (broad SMARTS) is 1. The van der Waals surface area contributed by atoms with Crippen LogP contribution >= 0.6 is 15.9 Å². The Morgan fingerprint density at radius 2 is 1.73 bits per heavy atom. The molecular weight excluding hydrogens is 288 g/mol. The van der Waals surface area contributed by atoms with Gasteiger partial charge in [-0.25, -0.2) is 0 Å². The molecule has 0 saturated heterocycles. The molecule has 0 bridgehead atoms. The second-order valence-electron chi connectivity index (χ2n) is 2.74. The van der Waals surface area contributed by atoms with Gasteiger partial charge in [-0.3, -0.25) is 9.35 Å². The summed E-state index contributed by atoms with van der Waals surface area (Å²) >= 11 is 2.91. The summed E-state index contributed by atoms with van der Waals surface area (Å²) in [6.07, 6.45) is 0. The minimum absolute atomic E-state index is 0.267. The fourth-order valence-electron chi connectivity index (χ4n) is 0.951. The zero-order chi connectivity index (χ0) is 11.6. The lowest BCUT2D eigenvalue weighted by atomic mass is 10.1. The van der Waals surface area contributed by atoms with Gasteiger partial charge in [0.05, 0.1) is 4.90 Å². The van der Waals surface area contributed by atoms with Crippen molar-refractivity contribution in [2.24, 2.45) is 0 Å². The summed E-state index contributed by atoms with van der Waals surface area (Å²) < 4.78 is 30.0. The molecule has 1 rings (SSSR count). The fourth-order valence-corrected chi connectivity index (χ4v) is 1.74. The third-order valence-corrected chi connectivity index (χ3v) is 3.48. The van der Waals surface area contributed by atoms with Crippen LogP contribution in [0.2, 0.25) is 0 Å². The van der Waals surface area contributed by atoms with E-state index in [1.165, 1.54) is 12.1 Å². The second-order valence-corrected chi connectivity index (χ2v) is 5.08. The molecule has 0 aromatic heterocycles. The maximum Gasteiger partial charge on any atom is 0.321 e. The highest BCUT2D eigenvalue weighted by atomic mass is 79.9. The minimum Gasteiger partial charge on any atom is -0.480 e. The molecule has 0 aliphatic rings. The van der Waals surface area contributed by atoms with Gasteiger partial charge in [0.1, 0.15) is 4.83 Å². The molecule has 1 aromatic carbocycles. The van der Waals surface area contributed by atoms with E-state index >= 15 is 0 Å². The van der Waals surface area contributed by atoms with Crippen molar-refractivity contribution in [2.75, 3.05) is 0 Å². The molecule has 0 spiro atoms. The highest BCUT2D eigenvalue weighted by Gasteiger charge is 2.16. The quantitative estimate of drug-likeness (QED) is 0.650. The van der Waals surface area contributed by atoms with E-state index in [0.29, 0.717) is 5.56 Å². The van der Waals surface area contributed by atoms with Gasteiger partial charge in [-0.2, -0.15) is 8.42 Å². The van der Waals surface area contributed by atoms with Crippen LogP contribution in [0.25, 0.3) is 0 Å². The minimum atomic E-state index is -4.23. The number of halogens is 1. The molecule has 0 radical (unpaired) electrons. The highest BCUT2D eigenvalue weighted by molar-refractivity contribution is 9.09. The van der Waals surface area contributed by atoms with Crippen molar-refractivity contribution in [3.8, 4) is 0 Å². The van der Waals surface area contributed by atoms with Gasteiger partial charge in [-0.15, -0.1) is 0 Å². The van der Waals surface area contributed by atoms with Crippen molar-refractivity contribution in [3.63, 3.8) is 0 Å². The number of hydrogen-bond donors (Lipinski definition) is 2. The first kappa shape index (κ1) is 12.2. The Hall–Kier alpha value is -0.920. The topological polar surface area (TPSA) is 91.7 Å². The standard InChI is InChI=1S/C8H7BrO5S/c9-7(8(10)11)5-1-3-6(4-2-5)15(12,13)14/h1-4,7H,(H,10,11)(H,12,13,14). The summed E-state index contributed by atoms with van der Waals surface area (Å²) in [4.78, 5) is 9.40. The second kappa shape index (κ2) is 4.30. The van der Waals surface area contributed by atoms with Gasteiger partial charge in [0.2, 0.25) is 0 Å². The SMILES string of the molecule is O=C(O)C(Br)c1ccc(S(=O)(=O)O)cc1. The van der Waals surface area contributed by atoms with Crippen molar-refractivity contribution in [3.05, 3.63) is 29.8 Å². The highest BCUT2D eigenvalue weighted by Crippen LogP contribution is 2.23. The average molecular weight is 295 g/mol. The van der Waals surface area contributed by atoms with Crippen molar-refractivity contribution in [1.29, 1.82) is 0 Å². The lowest BCUT2D eigenvalue weighted by Gasteiger charge is -2.04. The summed E-state index contributed by atoms with van der Waals surface area (Å²) in [6.45, 7) is 0. The zero-order valence-corrected chi connectivity index (χ0v) is 9.69. The summed E-state index contributed by atoms with van der Waals surface area (Å²) in [7, 11) is -4.23. The molecule has 1 aromatic rings. The van der Waals surface area contributed by atoms with E-state index in [1.807, 2.05) is 0 Å². The Kier molecular flexibility index (Phi) is 3.48. The van der Waals surface area contributed by atoms with Crippen LogP contribution in [0.5, 0.6) is 0 Å². The number of aliphatic carboxylic acids is 1. The summed E-state index contributed by atoms with van der Waals surface area (Å²) in [6, 6.07) is 4.91. The molecule has 7 heteroatoms. The van der Waals surface area contributed by atoms with Crippen molar-refractivity contribution >= 4 is 32.0 Å². The van der Waals surface area contributed by atoms with Gasteiger partial charge in [-0.05, 0) is 17.7 Å². The van der Waals surface area contributed by atoms with Crippen molar-refractivity contribution in [2.45, 2.75) is 9.72 Å². The maximum atomic E-state index is 10.7. The molecule has 1 atom stereocenters. The molecule has 0 fully saturated rings. The molecule has 82 valence electrons. The van der Waals surface area contributed by atoms with Gasteiger partial charge in [-0.1, -0.05) is 28.1 Å². The smallest absolute Gasteiger partial charge is 0.321 e. The van der Waals surface area contributed by atoms with E-state index in [2.05, 4.69) is 15.9 Å². The molecule has 2 N–H and O–H groups in total. The van der Waals surface area contributed by atoms with E-state index in [0.717, 1.165) is 12.1 Å². The van der Waals surface area contributed by atoms with Gasteiger partial charge in [0.25, 0.3) is 10.1 Å². The molecule has 0 aliphatic heterocycles. The fraction of sp³-hybridized carbons (Fsp3) is 0.125. The van der Waals surface area contributed by atoms with Crippen LogP contribution in [-0.4, -0.2) is 24.0 Å². The normalized spacial score (nSPS) is 13.5. The van der Waals surface area contributed by atoms with Crippen LogP contribution in [-0.2, 0) is 14.9 Å². The Labute approximate surface area is 94.6 Å². The van der Waals surface area contributed by atoms with Gasteiger partial charge in [0, 0.05) is 0 Å². The molecule has 0 saturated carbocycles. The lowest BCUT2D eigenvalue weighted by molar-refractivity contribution is -0.136. The number of rotatable bonds is 3. The Balaban J connectivity index is 3.06. The first-order valence-electron chi connectivity index (χ1n) is 3.76. The predicted octanol–water partition coefficient (Wildman–Crippen LogP) is 1.45. The number of hydrogen-bond acceptors (Lipinski definition) is 3. The van der Waals surface area contributed by atoms with Crippen LogP contribution in [0.15, 0.2) is 29.2 Å². The number of alkyl halides is 1. The number of carboxylic acids is 1. The number of benzene rings is 1. The summed E-state index contributed by atoms with van der Waals surface area (Å²) in [5, 5.41) is 8.65. The Morgan fingerprint density at radius 3 is 2.07 bits per heavy atom. The molecular formula is C8H7BrO5S. The van der Waals surface area contributed by atoms with E-state index < -0.39 is 20.9 Å². The molecule has 5 nitrogen and oxygen atoms in total. The third-order valence-electron chi connectivity index (χ3n) is 1.69. The Morgan fingerprint density at radius 1 is 1.27 bits per heavy atom. The van der Waals surface area contributed by atoms with E-state index in [1.54, 1.807) is 0 Å². The van der Waals surface area contributed by atoms with E-state index in [-0.39, 0.29) is 4.90 Å². The monoisotopic (exact) mass is 294 g/mol. The predicted molar refractivity (Wildman–Crippen MR) is 55.6 cm³/mol. The maximum absolute atomic E-state index is 10.7. The van der Waals surface area contributed by atoms with Gasteiger partial charge >= 0.3 is 5.97 Å². The van der Waals surface area contributed by atoms with Crippen LogP contribution in [0.4, 0.5) is 0 Å². The van der Waals surface area contributed by atoms with Gasteiger partial charge in [0.15, 0.2) is 0 Å². The molecule has 1 unspecified atom stereocenters. The van der Waals surface area contributed by atoms with Crippen molar-refractivity contribution in [1.82, 2.24) is 0 Å². The van der Waals surface area contributed by atoms with Crippen LogP contribution < -0.4 is 0 Å². The van der Waals surface area contributed by atoms with Crippen LogP contribution in [0.1, 0.15) is 10.4 Å². The summed E-state index contributed by atoms with van der Waals surface area (Å²) in [5.74, 6) is -1.07. The zero-order valence-electron chi connectivity index (χ0n) is 7.29. The molecule has 0 amide bonds. The first-order valence-corrected chi connectivity index (χ1v) is 6.12. The van der Waals surface area contributed by atoms with Crippen LogP contribution in [0, 0.1) is 0 Å². The summed E-state index contributed by atoms with van der Waals surface area (Å²) in [5.41, 5.74) is 0.398. The molecule has 0 aliphatic carbocycles. The lowest BCUT2D eigenvalue weighted by Crippen LogP contribution is -2.05. The van der Waals surface area contributed by atoms with E-state index in [9.17, 15) is 13.2 Å². The average Bonchev–Trinajstić information content (AvgIpc) is 2.15. The van der Waals surface area contributed by atoms with Crippen LogP contribution in [0.3, 0.4) is 0 Å².